The first-order chi connectivity index (χ1) is 9.22. The summed E-state index contributed by atoms with van der Waals surface area (Å²) in [5, 5.41) is 2.01. The van der Waals surface area contributed by atoms with Crippen molar-refractivity contribution >= 4 is 16.3 Å². The second-order valence-corrected chi connectivity index (χ2v) is 5.35. The molecule has 2 aromatic heterocycles. The van der Waals surface area contributed by atoms with E-state index in [9.17, 15) is 0 Å². The van der Waals surface area contributed by atoms with E-state index in [1.54, 1.807) is 11.3 Å². The Morgan fingerprint density at radius 2 is 2.37 bits per heavy atom. The number of nitrogens with zero attached hydrogens (tertiary/aromatic N) is 2. The highest BCUT2D eigenvalue weighted by Gasteiger charge is 2.05. The summed E-state index contributed by atoms with van der Waals surface area (Å²) in [7, 11) is 0. The minimum absolute atomic E-state index is 0.0153. The molecule has 3 rings (SSSR count). The molecule has 0 unspecified atom stereocenters. The molecule has 0 saturated carbocycles. The number of thiazole rings is 1. The number of imidazole rings is 1. The highest BCUT2D eigenvalue weighted by molar-refractivity contribution is 7.15. The van der Waals surface area contributed by atoms with Crippen molar-refractivity contribution in [3.8, 4) is 5.75 Å². The number of benzene rings is 1. The fourth-order valence-corrected chi connectivity index (χ4v) is 2.61. The maximum atomic E-state index is 5.86. The van der Waals surface area contributed by atoms with Gasteiger partial charge in [0.1, 0.15) is 12.4 Å². The number of fused-ring (bicyclic) bond motifs is 1. The normalized spacial score (nSPS) is 12.7. The molecule has 0 bridgehead atoms. The van der Waals surface area contributed by atoms with Crippen LogP contribution in [0, 0.1) is 0 Å². The first-order valence-electron chi connectivity index (χ1n) is 6.12. The van der Waals surface area contributed by atoms with Crippen LogP contribution in [0.2, 0.25) is 0 Å². The predicted molar refractivity (Wildman–Crippen MR) is 76.4 cm³/mol. The zero-order chi connectivity index (χ0) is 13.2. The number of hydrogen-bond donors (Lipinski definition) is 1. The third kappa shape index (κ3) is 2.62. The maximum absolute atomic E-state index is 5.86. The largest absolute Gasteiger partial charge is 0.487 e. The topological polar surface area (TPSA) is 52.5 Å². The molecular formula is C14H15N3OS. The van der Waals surface area contributed by atoms with Crippen LogP contribution in [-0.4, -0.2) is 9.38 Å². The van der Waals surface area contributed by atoms with Crippen LogP contribution in [0.25, 0.3) is 4.96 Å². The van der Waals surface area contributed by atoms with Gasteiger partial charge in [-0.2, -0.15) is 0 Å². The van der Waals surface area contributed by atoms with Crippen molar-refractivity contribution < 1.29 is 4.74 Å². The quantitative estimate of drug-likeness (QED) is 0.795. The Morgan fingerprint density at radius 1 is 1.47 bits per heavy atom. The van der Waals surface area contributed by atoms with Gasteiger partial charge in [0.2, 0.25) is 0 Å². The molecule has 19 heavy (non-hydrogen) atoms. The number of rotatable bonds is 4. The smallest absolute Gasteiger partial charge is 0.193 e. The molecule has 2 N–H and O–H groups in total. The summed E-state index contributed by atoms with van der Waals surface area (Å²) < 4.78 is 7.76. The molecular weight excluding hydrogens is 258 g/mol. The van der Waals surface area contributed by atoms with E-state index in [0.29, 0.717) is 6.61 Å². The van der Waals surface area contributed by atoms with Gasteiger partial charge in [-0.05, 0) is 24.6 Å². The van der Waals surface area contributed by atoms with Gasteiger partial charge in [-0.15, -0.1) is 11.3 Å². The maximum Gasteiger partial charge on any atom is 0.193 e. The van der Waals surface area contributed by atoms with E-state index in [1.807, 2.05) is 53.4 Å². The van der Waals surface area contributed by atoms with Crippen LogP contribution in [0.5, 0.6) is 5.75 Å². The lowest BCUT2D eigenvalue weighted by Gasteiger charge is -2.09. The molecule has 2 heterocycles. The van der Waals surface area contributed by atoms with Crippen molar-refractivity contribution in [2.75, 3.05) is 0 Å². The summed E-state index contributed by atoms with van der Waals surface area (Å²) in [6.45, 7) is 2.43. The van der Waals surface area contributed by atoms with Crippen molar-refractivity contribution in [2.45, 2.75) is 19.6 Å². The van der Waals surface area contributed by atoms with Crippen LogP contribution in [-0.2, 0) is 6.61 Å². The zero-order valence-corrected chi connectivity index (χ0v) is 11.4. The van der Waals surface area contributed by atoms with Gasteiger partial charge in [0, 0.05) is 23.8 Å². The molecule has 1 atom stereocenters. The Labute approximate surface area is 115 Å². The van der Waals surface area contributed by atoms with Crippen LogP contribution >= 0.6 is 11.3 Å². The van der Waals surface area contributed by atoms with E-state index in [0.717, 1.165) is 22.0 Å². The minimum Gasteiger partial charge on any atom is -0.487 e. The molecule has 0 aliphatic heterocycles. The Hall–Kier alpha value is -1.85. The summed E-state index contributed by atoms with van der Waals surface area (Å²) >= 11 is 1.62. The lowest BCUT2D eigenvalue weighted by molar-refractivity contribution is 0.301. The van der Waals surface area contributed by atoms with E-state index < -0.39 is 0 Å². The predicted octanol–water partition coefficient (Wildman–Crippen LogP) is 2.99. The van der Waals surface area contributed by atoms with Crippen molar-refractivity contribution in [1.82, 2.24) is 9.38 Å². The summed E-state index contributed by atoms with van der Waals surface area (Å²) in [6, 6.07) is 7.89. The van der Waals surface area contributed by atoms with Gasteiger partial charge in [0.05, 0.1) is 5.69 Å². The number of aromatic nitrogens is 2. The van der Waals surface area contributed by atoms with Gasteiger partial charge in [0.15, 0.2) is 4.96 Å². The molecule has 3 aromatic rings. The Bertz CT molecular complexity index is 658. The van der Waals surface area contributed by atoms with Gasteiger partial charge in [0.25, 0.3) is 0 Å². The Balaban J connectivity index is 1.71. The molecule has 0 aliphatic rings. The highest BCUT2D eigenvalue weighted by atomic mass is 32.1. The van der Waals surface area contributed by atoms with Crippen molar-refractivity contribution in [1.29, 1.82) is 0 Å². The SMILES string of the molecule is C[C@@H](N)c1cccc(OCc2cn3ccsc3n2)c1. The number of nitrogens with two attached hydrogens (primary N) is 1. The summed E-state index contributed by atoms with van der Waals surface area (Å²) in [5.41, 5.74) is 7.86. The molecule has 0 aliphatic carbocycles. The molecule has 0 fully saturated rings. The molecule has 98 valence electrons. The van der Waals surface area contributed by atoms with Crippen LogP contribution in [0.1, 0.15) is 24.2 Å². The highest BCUT2D eigenvalue weighted by Crippen LogP contribution is 2.19. The van der Waals surface area contributed by atoms with Crippen LogP contribution in [0.3, 0.4) is 0 Å². The lowest BCUT2D eigenvalue weighted by Crippen LogP contribution is -2.05. The first kappa shape index (κ1) is 12.2. The van der Waals surface area contributed by atoms with Gasteiger partial charge in [-0.25, -0.2) is 4.98 Å². The molecule has 1 aromatic carbocycles. The standard InChI is InChI=1S/C14H15N3OS/c1-10(15)11-3-2-4-13(7-11)18-9-12-8-17-5-6-19-14(17)16-12/h2-8,10H,9,15H2,1H3/t10-/m1/s1. The summed E-state index contributed by atoms with van der Waals surface area (Å²) in [5.74, 6) is 0.825. The second kappa shape index (κ2) is 5.03. The third-order valence-electron chi connectivity index (χ3n) is 2.91. The van der Waals surface area contributed by atoms with Crippen LogP contribution in [0.4, 0.5) is 0 Å². The molecule has 0 saturated heterocycles. The summed E-state index contributed by atoms with van der Waals surface area (Å²) in [6.07, 6.45) is 3.98. The van der Waals surface area contributed by atoms with E-state index in [-0.39, 0.29) is 6.04 Å². The van der Waals surface area contributed by atoms with Gasteiger partial charge < -0.3 is 10.5 Å². The van der Waals surface area contributed by atoms with Crippen LogP contribution in [0.15, 0.2) is 42.0 Å². The van der Waals surface area contributed by atoms with Crippen LogP contribution < -0.4 is 10.5 Å². The monoisotopic (exact) mass is 273 g/mol. The fraction of sp³-hybridized carbons (Fsp3) is 0.214. The summed E-state index contributed by atoms with van der Waals surface area (Å²) in [4.78, 5) is 5.47. The van der Waals surface area contributed by atoms with Crippen molar-refractivity contribution in [3.63, 3.8) is 0 Å². The average Bonchev–Trinajstić information content (AvgIpc) is 2.97. The molecule has 4 nitrogen and oxygen atoms in total. The van der Waals surface area contributed by atoms with Crippen molar-refractivity contribution in [3.05, 3.63) is 53.3 Å². The molecule has 5 heteroatoms. The minimum atomic E-state index is 0.0153. The van der Waals surface area contributed by atoms with Crippen molar-refractivity contribution in [2.24, 2.45) is 5.73 Å². The third-order valence-corrected chi connectivity index (χ3v) is 3.68. The van der Waals surface area contributed by atoms with E-state index in [1.165, 1.54) is 0 Å². The Morgan fingerprint density at radius 3 is 3.16 bits per heavy atom. The number of hydrogen-bond acceptors (Lipinski definition) is 4. The molecule has 0 spiro atoms. The molecule has 0 radical (unpaired) electrons. The van der Waals surface area contributed by atoms with E-state index in [4.69, 9.17) is 10.5 Å². The molecule has 0 amide bonds. The number of ether oxygens (including phenoxy) is 1. The van der Waals surface area contributed by atoms with Gasteiger partial charge >= 0.3 is 0 Å². The van der Waals surface area contributed by atoms with E-state index in [2.05, 4.69) is 4.98 Å². The fourth-order valence-electron chi connectivity index (χ4n) is 1.89. The average molecular weight is 273 g/mol. The van der Waals surface area contributed by atoms with Gasteiger partial charge in [-0.3, -0.25) is 4.40 Å². The zero-order valence-electron chi connectivity index (χ0n) is 10.6. The Kier molecular flexibility index (Phi) is 3.23. The lowest BCUT2D eigenvalue weighted by atomic mass is 10.1. The van der Waals surface area contributed by atoms with Gasteiger partial charge in [-0.1, -0.05) is 12.1 Å². The first-order valence-corrected chi connectivity index (χ1v) is 7.00. The van der Waals surface area contributed by atoms with E-state index >= 15 is 0 Å². The second-order valence-electron chi connectivity index (χ2n) is 4.47.